The lowest BCUT2D eigenvalue weighted by molar-refractivity contribution is 0.308. The van der Waals surface area contributed by atoms with Crippen LogP contribution in [-0.4, -0.2) is 50.4 Å². The van der Waals surface area contributed by atoms with Crippen molar-refractivity contribution < 1.29 is 14.6 Å². The minimum Gasteiger partial charge on any atom is -0.508 e. The SMILES string of the molecule is CCN(CC)CCc1ccc(CCCNc2cc(OC)c(OC)cc2[C@@H]2CCc3cc(O)ccc3C2)cc1. The van der Waals surface area contributed by atoms with Gasteiger partial charge in [-0.1, -0.05) is 44.2 Å². The standard InChI is InChI=1S/C33H44N2O3/c1-5-35(6-2)19-17-25-11-9-24(10-12-25)8-7-18-34-31-23-33(38-4)32(37-3)22-30(31)28-14-13-27-21-29(36)16-15-26(27)20-28/h9-12,15-16,21-23,28,34,36H,5-8,13-14,17-20H2,1-4H3/t28-/m1/s1. The van der Waals surface area contributed by atoms with E-state index >= 15 is 0 Å². The number of nitrogens with zero attached hydrogens (tertiary/aromatic N) is 1. The molecule has 0 amide bonds. The Kier molecular flexibility index (Phi) is 9.94. The van der Waals surface area contributed by atoms with Crippen molar-refractivity contribution in [1.29, 1.82) is 0 Å². The van der Waals surface area contributed by atoms with E-state index in [1.54, 1.807) is 20.3 Å². The smallest absolute Gasteiger partial charge is 0.162 e. The molecule has 5 nitrogen and oxygen atoms in total. The van der Waals surface area contributed by atoms with Crippen molar-refractivity contribution in [2.45, 2.75) is 58.3 Å². The molecule has 1 aliphatic rings. The predicted molar refractivity (Wildman–Crippen MR) is 157 cm³/mol. The summed E-state index contributed by atoms with van der Waals surface area (Å²) < 4.78 is 11.3. The van der Waals surface area contributed by atoms with Crippen molar-refractivity contribution in [1.82, 2.24) is 4.90 Å². The second-order valence-corrected chi connectivity index (χ2v) is 10.3. The van der Waals surface area contributed by atoms with Gasteiger partial charge in [-0.05, 0) is 104 Å². The summed E-state index contributed by atoms with van der Waals surface area (Å²) in [5.74, 6) is 2.26. The summed E-state index contributed by atoms with van der Waals surface area (Å²) in [6, 6.07) is 19.2. The minimum atomic E-state index is 0.352. The third-order valence-corrected chi connectivity index (χ3v) is 8.01. The molecule has 4 rings (SSSR count). The fourth-order valence-electron chi connectivity index (χ4n) is 5.61. The van der Waals surface area contributed by atoms with Crippen LogP contribution >= 0.6 is 0 Å². The van der Waals surface area contributed by atoms with Crippen LogP contribution in [0.4, 0.5) is 5.69 Å². The van der Waals surface area contributed by atoms with Crippen molar-refractivity contribution in [2.75, 3.05) is 45.7 Å². The highest BCUT2D eigenvalue weighted by Gasteiger charge is 2.24. The monoisotopic (exact) mass is 516 g/mol. The zero-order valence-corrected chi connectivity index (χ0v) is 23.6. The molecule has 0 saturated heterocycles. The van der Waals surface area contributed by atoms with Crippen LogP contribution in [0.25, 0.3) is 0 Å². The topological polar surface area (TPSA) is 54.0 Å². The van der Waals surface area contributed by atoms with E-state index in [-0.39, 0.29) is 0 Å². The lowest BCUT2D eigenvalue weighted by Gasteiger charge is -2.28. The third-order valence-electron chi connectivity index (χ3n) is 8.01. The van der Waals surface area contributed by atoms with Gasteiger partial charge in [0.2, 0.25) is 0 Å². The van der Waals surface area contributed by atoms with Crippen LogP contribution in [0.2, 0.25) is 0 Å². The Bertz CT molecular complexity index is 1170. The van der Waals surface area contributed by atoms with E-state index in [4.69, 9.17) is 9.47 Å². The first-order chi connectivity index (χ1) is 18.5. The molecule has 0 heterocycles. The summed E-state index contributed by atoms with van der Waals surface area (Å²) in [4.78, 5) is 2.47. The van der Waals surface area contributed by atoms with Crippen LogP contribution in [0.5, 0.6) is 17.2 Å². The number of benzene rings is 3. The summed E-state index contributed by atoms with van der Waals surface area (Å²) in [6.07, 6.45) is 6.18. The van der Waals surface area contributed by atoms with Gasteiger partial charge in [0.05, 0.1) is 14.2 Å². The summed E-state index contributed by atoms with van der Waals surface area (Å²) in [5, 5.41) is 13.6. The van der Waals surface area contributed by atoms with E-state index < -0.39 is 0 Å². The van der Waals surface area contributed by atoms with Crippen LogP contribution < -0.4 is 14.8 Å². The Morgan fingerprint density at radius 3 is 2.24 bits per heavy atom. The van der Waals surface area contributed by atoms with Crippen LogP contribution in [0.15, 0.2) is 54.6 Å². The average Bonchev–Trinajstić information content (AvgIpc) is 2.95. The number of hydrogen-bond acceptors (Lipinski definition) is 5. The van der Waals surface area contributed by atoms with E-state index in [9.17, 15) is 5.11 Å². The van der Waals surface area contributed by atoms with Gasteiger partial charge < -0.3 is 24.8 Å². The molecule has 3 aromatic rings. The molecule has 0 saturated carbocycles. The van der Waals surface area contributed by atoms with Crippen molar-refractivity contribution in [3.8, 4) is 17.2 Å². The second-order valence-electron chi connectivity index (χ2n) is 10.3. The lowest BCUT2D eigenvalue weighted by Crippen LogP contribution is -2.25. The molecule has 38 heavy (non-hydrogen) atoms. The highest BCUT2D eigenvalue weighted by atomic mass is 16.5. The molecule has 0 bridgehead atoms. The number of hydrogen-bond donors (Lipinski definition) is 2. The molecule has 0 unspecified atom stereocenters. The van der Waals surface area contributed by atoms with Crippen molar-refractivity contribution >= 4 is 5.69 Å². The predicted octanol–water partition coefficient (Wildman–Crippen LogP) is 6.61. The molecule has 0 spiro atoms. The molecule has 5 heteroatoms. The van der Waals surface area contributed by atoms with Crippen molar-refractivity contribution in [3.05, 3.63) is 82.4 Å². The molecule has 1 aliphatic carbocycles. The number of ether oxygens (including phenoxy) is 2. The number of fused-ring (bicyclic) bond motifs is 1. The molecule has 3 aromatic carbocycles. The Balaban J connectivity index is 1.38. The normalized spacial score (nSPS) is 14.8. The van der Waals surface area contributed by atoms with Crippen LogP contribution in [0.1, 0.15) is 60.4 Å². The molecule has 0 fully saturated rings. The number of likely N-dealkylation sites (N-methyl/N-ethyl adjacent to an activating group) is 1. The van der Waals surface area contributed by atoms with Crippen LogP contribution in [0.3, 0.4) is 0 Å². The van der Waals surface area contributed by atoms with Gasteiger partial charge in [-0.2, -0.15) is 0 Å². The zero-order valence-electron chi connectivity index (χ0n) is 23.6. The number of aromatic hydroxyl groups is 1. The fraction of sp³-hybridized carbons (Fsp3) is 0.455. The first kappa shape index (κ1) is 27.8. The molecule has 0 aliphatic heterocycles. The van der Waals surface area contributed by atoms with Gasteiger partial charge in [-0.25, -0.2) is 0 Å². The molecular weight excluding hydrogens is 472 g/mol. The van der Waals surface area contributed by atoms with Crippen molar-refractivity contribution in [2.24, 2.45) is 0 Å². The molecular formula is C33H44N2O3. The Hall–Kier alpha value is -3.18. The van der Waals surface area contributed by atoms with Gasteiger partial charge in [0, 0.05) is 24.8 Å². The van der Waals surface area contributed by atoms with E-state index in [0.717, 1.165) is 81.9 Å². The molecule has 1 atom stereocenters. The molecule has 0 radical (unpaired) electrons. The Morgan fingerprint density at radius 2 is 1.55 bits per heavy atom. The maximum absolute atomic E-state index is 9.88. The molecule has 204 valence electrons. The maximum Gasteiger partial charge on any atom is 0.162 e. The molecule has 0 aromatic heterocycles. The van der Waals surface area contributed by atoms with E-state index in [0.29, 0.717) is 11.7 Å². The number of rotatable bonds is 13. The van der Waals surface area contributed by atoms with E-state index in [2.05, 4.69) is 66.5 Å². The van der Waals surface area contributed by atoms with Gasteiger partial charge in [-0.15, -0.1) is 0 Å². The van der Waals surface area contributed by atoms with Crippen LogP contribution in [-0.2, 0) is 25.7 Å². The quantitative estimate of drug-likeness (QED) is 0.250. The lowest BCUT2D eigenvalue weighted by atomic mass is 9.79. The van der Waals surface area contributed by atoms with Gasteiger partial charge in [-0.3, -0.25) is 0 Å². The highest BCUT2D eigenvalue weighted by molar-refractivity contribution is 5.62. The largest absolute Gasteiger partial charge is 0.508 e. The van der Waals surface area contributed by atoms with E-state index in [1.807, 2.05) is 6.07 Å². The van der Waals surface area contributed by atoms with Gasteiger partial charge in [0.25, 0.3) is 0 Å². The van der Waals surface area contributed by atoms with Gasteiger partial charge in [0.1, 0.15) is 5.75 Å². The third kappa shape index (κ3) is 7.02. The van der Waals surface area contributed by atoms with Crippen LogP contribution in [0, 0.1) is 0 Å². The number of phenols is 1. The Morgan fingerprint density at radius 1 is 0.868 bits per heavy atom. The number of methoxy groups -OCH3 is 2. The number of phenolic OH excluding ortho intramolecular Hbond substituents is 1. The summed E-state index contributed by atoms with van der Waals surface area (Å²) in [7, 11) is 3.39. The van der Waals surface area contributed by atoms with Crippen molar-refractivity contribution in [3.63, 3.8) is 0 Å². The first-order valence-corrected chi connectivity index (χ1v) is 14.1. The highest BCUT2D eigenvalue weighted by Crippen LogP contribution is 2.42. The summed E-state index contributed by atoms with van der Waals surface area (Å²) in [5.41, 5.74) is 7.78. The molecule has 2 N–H and O–H groups in total. The summed E-state index contributed by atoms with van der Waals surface area (Å²) >= 11 is 0. The van der Waals surface area contributed by atoms with Gasteiger partial charge >= 0.3 is 0 Å². The maximum atomic E-state index is 9.88. The fourth-order valence-corrected chi connectivity index (χ4v) is 5.61. The van der Waals surface area contributed by atoms with Gasteiger partial charge in [0.15, 0.2) is 11.5 Å². The number of nitrogens with one attached hydrogen (secondary N) is 1. The average molecular weight is 517 g/mol. The zero-order chi connectivity index (χ0) is 26.9. The second kappa shape index (κ2) is 13.6. The Labute approximate surface area is 228 Å². The first-order valence-electron chi connectivity index (χ1n) is 14.1. The number of anilines is 1. The summed E-state index contributed by atoms with van der Waals surface area (Å²) in [6.45, 7) is 8.70. The number of aryl methyl sites for hydroxylation is 2. The minimum absolute atomic E-state index is 0.352. The van der Waals surface area contributed by atoms with E-state index in [1.165, 1.54) is 27.8 Å².